The molecule has 0 spiro atoms. The average molecular weight is 1060 g/mol. The van der Waals surface area contributed by atoms with Crippen molar-refractivity contribution in [3.8, 4) is 0 Å². The number of hydrogen-bond donors (Lipinski definition) is 4. The van der Waals surface area contributed by atoms with Crippen molar-refractivity contribution in [2.45, 2.75) is 257 Å². The number of carbonyl (C=O) groups is 3. The van der Waals surface area contributed by atoms with E-state index < -0.39 is 91.5 Å². The van der Waals surface area contributed by atoms with Gasteiger partial charge in [-0.15, -0.1) is 0 Å². The Morgan fingerprint density at radius 2 is 0.732 bits per heavy atom. The zero-order chi connectivity index (χ0) is 52.5. The number of phosphoric acid groups is 2. The quantitative estimate of drug-likeness (QED) is 0.0146. The number of allylic oxidation sites excluding steroid dienone is 4. The molecule has 0 aliphatic rings. The Balaban J connectivity index is 4.66. The molecule has 0 bridgehead atoms. The summed E-state index contributed by atoms with van der Waals surface area (Å²) < 4.78 is 60.3. The van der Waals surface area contributed by atoms with Crippen LogP contribution in [0.2, 0.25) is 0 Å². The Morgan fingerprint density at radius 1 is 0.394 bits per heavy atom. The normalized spacial score (nSPS) is 14.9. The number of rotatable bonds is 53. The topological polar surface area (TPSA) is 231 Å². The van der Waals surface area contributed by atoms with Crippen molar-refractivity contribution in [3.63, 3.8) is 0 Å². The number of hydrogen-bond acceptors (Lipinski definition) is 14. The molecule has 18 heteroatoms. The van der Waals surface area contributed by atoms with Gasteiger partial charge in [-0.1, -0.05) is 199 Å². The molecular formula is C53H100O16P2. The maximum absolute atomic E-state index is 12.8. The molecule has 0 radical (unpaired) electrons. The third kappa shape index (κ3) is 50.0. The molecule has 0 saturated heterocycles. The van der Waals surface area contributed by atoms with Crippen molar-refractivity contribution >= 4 is 33.6 Å². The lowest BCUT2D eigenvalue weighted by Crippen LogP contribution is -2.30. The van der Waals surface area contributed by atoms with E-state index in [-0.39, 0.29) is 19.3 Å². The Bertz CT molecular complexity index is 1430. The zero-order valence-corrected chi connectivity index (χ0v) is 46.2. The number of phosphoric ester groups is 2. The second-order valence-corrected chi connectivity index (χ2v) is 21.7. The first-order chi connectivity index (χ1) is 34.2. The fraction of sp³-hybridized carbons (Fsp3) is 0.868. The van der Waals surface area contributed by atoms with E-state index in [4.69, 9.17) is 32.3 Å². The van der Waals surface area contributed by atoms with Crippen molar-refractivity contribution in [1.29, 1.82) is 0 Å². The molecule has 0 aliphatic carbocycles. The monoisotopic (exact) mass is 1050 g/mol. The summed E-state index contributed by atoms with van der Waals surface area (Å²) in [5.74, 6) is -1.58. The van der Waals surface area contributed by atoms with E-state index in [2.05, 4.69) is 45.1 Å². The van der Waals surface area contributed by atoms with E-state index in [1.54, 1.807) is 0 Å². The second kappa shape index (κ2) is 48.9. The maximum atomic E-state index is 12.8. The summed E-state index contributed by atoms with van der Waals surface area (Å²) in [6.45, 7) is 2.55. The molecule has 5 unspecified atom stereocenters. The predicted molar refractivity (Wildman–Crippen MR) is 280 cm³/mol. The van der Waals surface area contributed by atoms with Crippen LogP contribution in [0.1, 0.15) is 239 Å². The van der Waals surface area contributed by atoms with Gasteiger partial charge < -0.3 is 34.2 Å². The summed E-state index contributed by atoms with van der Waals surface area (Å²) in [6.07, 6.45) is 38.4. The molecule has 5 atom stereocenters. The van der Waals surface area contributed by atoms with Crippen molar-refractivity contribution in [2.75, 3.05) is 39.6 Å². The van der Waals surface area contributed by atoms with Gasteiger partial charge in [0.2, 0.25) is 0 Å². The van der Waals surface area contributed by atoms with Crippen LogP contribution in [0, 0.1) is 0 Å². The van der Waals surface area contributed by atoms with Crippen LogP contribution < -0.4 is 0 Å². The zero-order valence-electron chi connectivity index (χ0n) is 44.4. The van der Waals surface area contributed by atoms with E-state index in [1.165, 1.54) is 83.5 Å². The molecule has 71 heavy (non-hydrogen) atoms. The number of aliphatic hydroxyl groups excluding tert-OH is 2. The number of unbranched alkanes of at least 4 members (excludes halogenated alkanes) is 26. The molecule has 4 N–H and O–H groups in total. The van der Waals surface area contributed by atoms with Gasteiger partial charge in [0, 0.05) is 19.3 Å². The van der Waals surface area contributed by atoms with Gasteiger partial charge >= 0.3 is 33.6 Å². The molecule has 0 saturated carbocycles. The third-order valence-electron chi connectivity index (χ3n) is 11.7. The summed E-state index contributed by atoms with van der Waals surface area (Å²) in [4.78, 5) is 57.8. The predicted octanol–water partition coefficient (Wildman–Crippen LogP) is 13.4. The molecule has 418 valence electrons. The Morgan fingerprint density at radius 3 is 1.15 bits per heavy atom. The van der Waals surface area contributed by atoms with Gasteiger partial charge in [-0.25, -0.2) is 9.13 Å². The van der Waals surface area contributed by atoms with E-state index in [0.29, 0.717) is 19.3 Å². The highest BCUT2D eigenvalue weighted by molar-refractivity contribution is 7.47. The first-order valence-corrected chi connectivity index (χ1v) is 30.6. The fourth-order valence-electron chi connectivity index (χ4n) is 7.37. The minimum atomic E-state index is -4.90. The van der Waals surface area contributed by atoms with Gasteiger partial charge in [0.05, 0.1) is 26.4 Å². The summed E-state index contributed by atoms with van der Waals surface area (Å²) in [6, 6.07) is 0. The SMILES string of the molecule is CCC/C=C\C/C=C\CCCCCCCC(=O)OCC(O)COP(=O)(O)OCC(O)COP(=O)(O)OCC(COC(=O)CCCCCCCCCCCCC)OC(=O)CCCCCCCCCCCCC. The Kier molecular flexibility index (Phi) is 47.6. The van der Waals surface area contributed by atoms with Crippen LogP contribution in [-0.2, 0) is 55.8 Å². The largest absolute Gasteiger partial charge is 0.472 e. The first kappa shape index (κ1) is 69.0. The molecular weight excluding hydrogens is 955 g/mol. The van der Waals surface area contributed by atoms with Crippen LogP contribution in [0.5, 0.6) is 0 Å². The standard InChI is InChI=1S/C53H100O16P2/c1-4-7-10-13-16-19-22-23-26-28-30-33-36-39-51(56)63-42-48(54)43-65-70(59,60)66-44-49(55)45-67-71(61,62)68-47-50(69-53(58)41-38-35-32-29-25-21-18-15-12-9-6-3)46-64-52(57)40-37-34-31-27-24-20-17-14-11-8-5-2/h10,13,19,22,48-50,54-55H,4-9,11-12,14-18,20-21,23-47H2,1-3H3,(H,59,60)(H,61,62)/b13-10-,22-19-. The molecule has 0 heterocycles. The second-order valence-electron chi connectivity index (χ2n) is 18.8. The summed E-state index contributed by atoms with van der Waals surface area (Å²) in [7, 11) is -9.73. The van der Waals surface area contributed by atoms with Gasteiger partial charge in [-0.05, 0) is 44.9 Å². The highest BCUT2D eigenvalue weighted by Gasteiger charge is 2.29. The number of carbonyl (C=O) groups excluding carboxylic acids is 3. The van der Waals surface area contributed by atoms with Crippen LogP contribution in [0.3, 0.4) is 0 Å². The van der Waals surface area contributed by atoms with Gasteiger partial charge in [0.15, 0.2) is 6.10 Å². The lowest BCUT2D eigenvalue weighted by atomic mass is 10.1. The minimum absolute atomic E-state index is 0.113. The molecule has 0 aromatic carbocycles. The molecule has 16 nitrogen and oxygen atoms in total. The summed E-state index contributed by atoms with van der Waals surface area (Å²) in [5.41, 5.74) is 0. The molecule has 0 aliphatic heterocycles. The van der Waals surface area contributed by atoms with E-state index >= 15 is 0 Å². The third-order valence-corrected chi connectivity index (χ3v) is 13.6. The number of esters is 3. The van der Waals surface area contributed by atoms with Gasteiger partial charge in [0.25, 0.3) is 0 Å². The van der Waals surface area contributed by atoms with Crippen LogP contribution in [0.25, 0.3) is 0 Å². The van der Waals surface area contributed by atoms with Crippen LogP contribution >= 0.6 is 15.6 Å². The highest BCUT2D eigenvalue weighted by atomic mass is 31.2. The smallest absolute Gasteiger partial charge is 0.463 e. The van der Waals surface area contributed by atoms with Crippen molar-refractivity contribution < 1.29 is 75.8 Å². The summed E-state index contributed by atoms with van der Waals surface area (Å²) in [5, 5.41) is 20.4. The van der Waals surface area contributed by atoms with Crippen LogP contribution in [-0.4, -0.2) is 95.9 Å². The number of aliphatic hydroxyl groups is 2. The number of ether oxygens (including phenoxy) is 3. The van der Waals surface area contributed by atoms with Gasteiger partial charge in [-0.3, -0.25) is 32.5 Å². The van der Waals surface area contributed by atoms with E-state index in [1.807, 2.05) is 0 Å². The summed E-state index contributed by atoms with van der Waals surface area (Å²) >= 11 is 0. The first-order valence-electron chi connectivity index (χ1n) is 27.6. The van der Waals surface area contributed by atoms with Gasteiger partial charge in [-0.2, -0.15) is 0 Å². The Labute approximate surface area is 429 Å². The highest BCUT2D eigenvalue weighted by Crippen LogP contribution is 2.45. The maximum Gasteiger partial charge on any atom is 0.472 e. The van der Waals surface area contributed by atoms with Crippen molar-refractivity contribution in [3.05, 3.63) is 24.3 Å². The average Bonchev–Trinajstić information content (AvgIpc) is 3.34. The van der Waals surface area contributed by atoms with Gasteiger partial charge in [0.1, 0.15) is 25.4 Å². The molecule has 0 rings (SSSR count). The minimum Gasteiger partial charge on any atom is -0.463 e. The van der Waals surface area contributed by atoms with E-state index in [0.717, 1.165) is 96.3 Å². The van der Waals surface area contributed by atoms with Crippen LogP contribution in [0.15, 0.2) is 24.3 Å². The van der Waals surface area contributed by atoms with E-state index in [9.17, 15) is 43.5 Å². The van der Waals surface area contributed by atoms with Crippen LogP contribution in [0.4, 0.5) is 0 Å². The van der Waals surface area contributed by atoms with Crippen molar-refractivity contribution in [1.82, 2.24) is 0 Å². The molecule has 0 aromatic rings. The molecule has 0 amide bonds. The molecule has 0 fully saturated rings. The van der Waals surface area contributed by atoms with Crippen molar-refractivity contribution in [2.24, 2.45) is 0 Å². The Hall–Kier alpha value is -1.97. The lowest BCUT2D eigenvalue weighted by Gasteiger charge is -2.21. The fourth-order valence-corrected chi connectivity index (χ4v) is 8.96. The molecule has 0 aromatic heterocycles. The lowest BCUT2D eigenvalue weighted by molar-refractivity contribution is -0.161.